The van der Waals surface area contributed by atoms with Crippen molar-refractivity contribution >= 4 is 55.7 Å². The molecule has 0 saturated carbocycles. The SMILES string of the molecule is NS(=O)(=O)c1ccc(Nc2nc(SCC(=O)c3ccc([N+](=O)[O-])cc3)nc3ccccc23)cc1. The maximum atomic E-state index is 12.5. The summed E-state index contributed by atoms with van der Waals surface area (Å²) in [7, 11) is -3.80. The van der Waals surface area contributed by atoms with Gasteiger partial charge in [-0.25, -0.2) is 23.5 Å². The summed E-state index contributed by atoms with van der Waals surface area (Å²) < 4.78 is 22.9. The number of nitrogens with zero attached hydrogens (tertiary/aromatic N) is 3. The molecule has 12 heteroatoms. The van der Waals surface area contributed by atoms with Crippen LogP contribution in [0.15, 0.2) is 82.8 Å². The third-order valence-corrected chi connectivity index (χ3v) is 6.54. The van der Waals surface area contributed by atoms with Gasteiger partial charge in [0.05, 0.1) is 21.1 Å². The van der Waals surface area contributed by atoms with Crippen molar-refractivity contribution in [1.82, 2.24) is 9.97 Å². The van der Waals surface area contributed by atoms with Gasteiger partial charge in [0.2, 0.25) is 10.0 Å². The number of hydrogen-bond donors (Lipinski definition) is 2. The summed E-state index contributed by atoms with van der Waals surface area (Å²) in [6, 6.07) is 18.6. The zero-order valence-corrected chi connectivity index (χ0v) is 19.0. The van der Waals surface area contributed by atoms with Crippen molar-refractivity contribution in [3.05, 3.63) is 88.5 Å². The number of nitrogens with one attached hydrogen (secondary N) is 1. The molecule has 0 aliphatic carbocycles. The van der Waals surface area contributed by atoms with Crippen molar-refractivity contribution in [2.24, 2.45) is 5.14 Å². The standard InChI is InChI=1S/C22H17N5O5S2/c23-34(31,32)17-11-7-15(8-12-17)24-21-18-3-1-2-4-19(18)25-22(26-21)33-13-20(28)14-5-9-16(10-6-14)27(29)30/h1-12H,13H2,(H2,23,31,32)(H,24,25,26). The minimum Gasteiger partial charge on any atom is -0.340 e. The van der Waals surface area contributed by atoms with Crippen LogP contribution in [0.5, 0.6) is 0 Å². The molecule has 0 aliphatic heterocycles. The number of nitro groups is 1. The molecule has 1 heterocycles. The minimum absolute atomic E-state index is 0.00778. The normalized spacial score (nSPS) is 11.3. The molecular formula is C22H17N5O5S2. The number of para-hydroxylation sites is 1. The number of carbonyl (C=O) groups excluding carboxylic acids is 1. The fourth-order valence-corrected chi connectivity index (χ4v) is 4.32. The van der Waals surface area contributed by atoms with E-state index in [0.29, 0.717) is 27.7 Å². The summed E-state index contributed by atoms with van der Waals surface area (Å²) >= 11 is 1.14. The highest BCUT2D eigenvalue weighted by molar-refractivity contribution is 7.99. The largest absolute Gasteiger partial charge is 0.340 e. The van der Waals surface area contributed by atoms with Gasteiger partial charge in [-0.3, -0.25) is 14.9 Å². The molecule has 172 valence electrons. The van der Waals surface area contributed by atoms with Crippen molar-refractivity contribution in [1.29, 1.82) is 0 Å². The zero-order valence-electron chi connectivity index (χ0n) is 17.4. The van der Waals surface area contributed by atoms with Crippen LogP contribution in [-0.4, -0.2) is 34.8 Å². The van der Waals surface area contributed by atoms with E-state index >= 15 is 0 Å². The van der Waals surface area contributed by atoms with Crippen LogP contribution in [0.4, 0.5) is 17.2 Å². The average molecular weight is 496 g/mol. The molecule has 10 nitrogen and oxygen atoms in total. The number of rotatable bonds is 8. The predicted molar refractivity (Wildman–Crippen MR) is 129 cm³/mol. The van der Waals surface area contributed by atoms with E-state index in [9.17, 15) is 23.3 Å². The van der Waals surface area contributed by atoms with Crippen LogP contribution in [0.1, 0.15) is 10.4 Å². The van der Waals surface area contributed by atoms with Crippen molar-refractivity contribution in [3.8, 4) is 0 Å². The van der Waals surface area contributed by atoms with E-state index in [0.717, 1.165) is 17.1 Å². The Morgan fingerprint density at radius 1 is 1.00 bits per heavy atom. The molecule has 0 fully saturated rings. The van der Waals surface area contributed by atoms with Gasteiger partial charge in [-0.05, 0) is 48.5 Å². The Hall–Kier alpha value is -3.87. The number of primary sulfonamides is 1. The van der Waals surface area contributed by atoms with Gasteiger partial charge in [0.25, 0.3) is 5.69 Å². The van der Waals surface area contributed by atoms with Crippen molar-refractivity contribution in [3.63, 3.8) is 0 Å². The van der Waals surface area contributed by atoms with E-state index in [2.05, 4.69) is 15.3 Å². The molecule has 0 radical (unpaired) electrons. The number of fused-ring (bicyclic) bond motifs is 1. The van der Waals surface area contributed by atoms with Gasteiger partial charge in [-0.1, -0.05) is 23.9 Å². The fourth-order valence-electron chi connectivity index (χ4n) is 3.06. The zero-order chi connectivity index (χ0) is 24.3. The number of nitrogens with two attached hydrogens (primary N) is 1. The summed E-state index contributed by atoms with van der Waals surface area (Å²) in [5.74, 6) is 0.308. The summed E-state index contributed by atoms with van der Waals surface area (Å²) in [6.07, 6.45) is 0. The third kappa shape index (κ3) is 5.36. The van der Waals surface area contributed by atoms with Gasteiger partial charge in [0.15, 0.2) is 10.9 Å². The van der Waals surface area contributed by atoms with Gasteiger partial charge in [0.1, 0.15) is 5.82 Å². The Labute approximate surface area is 198 Å². The Bertz CT molecular complexity index is 1490. The molecular weight excluding hydrogens is 478 g/mol. The first-order chi connectivity index (χ1) is 16.2. The lowest BCUT2D eigenvalue weighted by atomic mass is 10.1. The van der Waals surface area contributed by atoms with Gasteiger partial charge < -0.3 is 5.32 Å². The number of Topliss-reactive ketones (excluding diaryl/α,β-unsaturated/α-hetero) is 1. The van der Waals surface area contributed by atoms with Gasteiger partial charge in [-0.15, -0.1) is 0 Å². The second kappa shape index (κ2) is 9.55. The first-order valence-corrected chi connectivity index (χ1v) is 12.3. The summed E-state index contributed by atoms with van der Waals surface area (Å²) in [6.45, 7) is 0. The number of ketones is 1. The van der Waals surface area contributed by atoms with Gasteiger partial charge in [-0.2, -0.15) is 0 Å². The summed E-state index contributed by atoms with van der Waals surface area (Å²) in [5.41, 5.74) is 1.52. The highest BCUT2D eigenvalue weighted by atomic mass is 32.2. The number of thioether (sulfide) groups is 1. The molecule has 0 bridgehead atoms. The Kier molecular flexibility index (Phi) is 6.54. The van der Waals surface area contributed by atoms with Crippen LogP contribution < -0.4 is 10.5 Å². The topological polar surface area (TPSA) is 158 Å². The molecule has 4 aromatic rings. The molecule has 1 aromatic heterocycles. The lowest BCUT2D eigenvalue weighted by Gasteiger charge is -2.11. The lowest BCUT2D eigenvalue weighted by molar-refractivity contribution is -0.384. The number of benzene rings is 3. The molecule has 3 aromatic carbocycles. The fraction of sp³-hybridized carbons (Fsp3) is 0.0455. The Morgan fingerprint density at radius 3 is 2.32 bits per heavy atom. The molecule has 0 saturated heterocycles. The Balaban J connectivity index is 1.56. The maximum Gasteiger partial charge on any atom is 0.269 e. The van der Waals surface area contributed by atoms with E-state index in [4.69, 9.17) is 5.14 Å². The van der Waals surface area contributed by atoms with Crippen molar-refractivity contribution in [2.45, 2.75) is 10.1 Å². The van der Waals surface area contributed by atoms with E-state index < -0.39 is 14.9 Å². The van der Waals surface area contributed by atoms with Gasteiger partial charge >= 0.3 is 0 Å². The molecule has 0 unspecified atom stereocenters. The summed E-state index contributed by atoms with van der Waals surface area (Å²) in [5, 5.41) is 20.2. The van der Waals surface area contributed by atoms with E-state index in [1.165, 1.54) is 36.4 Å². The number of nitro benzene ring substituents is 1. The van der Waals surface area contributed by atoms with Crippen LogP contribution in [0.2, 0.25) is 0 Å². The number of carbonyl (C=O) groups is 1. The third-order valence-electron chi connectivity index (χ3n) is 4.76. The smallest absolute Gasteiger partial charge is 0.269 e. The van der Waals surface area contributed by atoms with Gasteiger partial charge in [0, 0.05) is 28.8 Å². The first kappa shape index (κ1) is 23.3. The second-order valence-corrected chi connectivity index (χ2v) is 9.59. The van der Waals surface area contributed by atoms with Crippen LogP contribution in [0.3, 0.4) is 0 Å². The highest BCUT2D eigenvalue weighted by Gasteiger charge is 2.14. The van der Waals surface area contributed by atoms with Crippen LogP contribution in [-0.2, 0) is 10.0 Å². The van der Waals surface area contributed by atoms with Crippen LogP contribution >= 0.6 is 11.8 Å². The molecule has 0 amide bonds. The lowest BCUT2D eigenvalue weighted by Crippen LogP contribution is -2.11. The number of non-ortho nitro benzene ring substituents is 1. The van der Waals surface area contributed by atoms with E-state index in [-0.39, 0.29) is 22.1 Å². The van der Waals surface area contributed by atoms with Crippen LogP contribution in [0.25, 0.3) is 10.9 Å². The monoisotopic (exact) mass is 495 g/mol. The summed E-state index contributed by atoms with van der Waals surface area (Å²) in [4.78, 5) is 31.8. The number of sulfonamides is 1. The number of hydrogen-bond acceptors (Lipinski definition) is 9. The molecule has 0 spiro atoms. The first-order valence-electron chi connectivity index (χ1n) is 9.78. The average Bonchev–Trinajstić information content (AvgIpc) is 2.82. The molecule has 0 atom stereocenters. The molecule has 0 aliphatic rings. The van der Waals surface area contributed by atoms with E-state index in [1.807, 2.05) is 24.3 Å². The van der Waals surface area contributed by atoms with Crippen molar-refractivity contribution < 1.29 is 18.1 Å². The number of aromatic nitrogens is 2. The second-order valence-electron chi connectivity index (χ2n) is 7.08. The molecule has 4 rings (SSSR count). The minimum atomic E-state index is -3.80. The van der Waals surface area contributed by atoms with Crippen LogP contribution in [0, 0.1) is 10.1 Å². The number of anilines is 2. The van der Waals surface area contributed by atoms with Crippen molar-refractivity contribution in [2.75, 3.05) is 11.1 Å². The molecule has 34 heavy (non-hydrogen) atoms. The quantitative estimate of drug-likeness (QED) is 0.121. The predicted octanol–water partition coefficient (Wildman–Crippen LogP) is 3.90. The van der Waals surface area contributed by atoms with E-state index in [1.54, 1.807) is 12.1 Å². The Morgan fingerprint density at radius 2 is 1.68 bits per heavy atom. The maximum absolute atomic E-state index is 12.5. The molecule has 3 N–H and O–H groups in total. The highest BCUT2D eigenvalue weighted by Crippen LogP contribution is 2.28.